The minimum absolute atomic E-state index is 0.0254. The third-order valence-corrected chi connectivity index (χ3v) is 6.88. The lowest BCUT2D eigenvalue weighted by atomic mass is 9.71. The van der Waals surface area contributed by atoms with Gasteiger partial charge in [-0.2, -0.15) is 9.78 Å². The number of aromatic nitrogens is 2. The van der Waals surface area contributed by atoms with Gasteiger partial charge in [-0.3, -0.25) is 9.59 Å². The molecule has 27 heavy (non-hydrogen) atoms. The fourth-order valence-electron chi connectivity index (χ4n) is 4.25. The monoisotopic (exact) mass is 498 g/mol. The molecule has 1 fully saturated rings. The lowest BCUT2D eigenvalue weighted by Crippen LogP contribution is -2.37. The molecule has 2 aliphatic carbocycles. The second-order valence-corrected chi connectivity index (χ2v) is 9.42. The van der Waals surface area contributed by atoms with Crippen molar-refractivity contribution in [2.45, 2.75) is 51.4 Å². The molecule has 2 aromatic rings. The van der Waals surface area contributed by atoms with Crippen molar-refractivity contribution >= 4 is 46.1 Å². The highest BCUT2D eigenvalue weighted by Crippen LogP contribution is 2.46. The van der Waals surface area contributed by atoms with Gasteiger partial charge < -0.3 is 5.11 Å². The summed E-state index contributed by atoms with van der Waals surface area (Å²) in [5.41, 5.74) is 2.25. The van der Waals surface area contributed by atoms with Gasteiger partial charge in [-0.05, 0) is 72.2 Å². The quantitative estimate of drug-likeness (QED) is 0.614. The molecule has 1 saturated carbocycles. The molecule has 0 spiro atoms. The number of rotatable bonds is 3. The number of nitrogens with zero attached hydrogens (tertiary/aromatic N) is 2. The summed E-state index contributed by atoms with van der Waals surface area (Å²) in [5.74, 6) is -0.705. The predicted molar refractivity (Wildman–Crippen MR) is 111 cm³/mol. The van der Waals surface area contributed by atoms with Crippen molar-refractivity contribution in [2.24, 2.45) is 5.41 Å². The Balaban J connectivity index is 1.85. The van der Waals surface area contributed by atoms with Crippen molar-refractivity contribution in [3.05, 3.63) is 49.3 Å². The first-order valence-electron chi connectivity index (χ1n) is 9.06. The first-order chi connectivity index (χ1) is 12.7. The van der Waals surface area contributed by atoms with Gasteiger partial charge >= 0.3 is 5.97 Å². The molecule has 1 heterocycles. The summed E-state index contributed by atoms with van der Waals surface area (Å²) in [6.45, 7) is 3.75. The van der Waals surface area contributed by atoms with E-state index in [-0.39, 0.29) is 18.2 Å². The van der Waals surface area contributed by atoms with Crippen molar-refractivity contribution in [1.29, 1.82) is 0 Å². The van der Waals surface area contributed by atoms with E-state index in [0.717, 1.165) is 27.7 Å². The fraction of sp³-hybridized carbons (Fsp3) is 0.450. The van der Waals surface area contributed by atoms with Crippen LogP contribution in [0.1, 0.15) is 72.1 Å². The second-order valence-electron chi connectivity index (χ2n) is 7.99. The van der Waals surface area contributed by atoms with Crippen molar-refractivity contribution in [2.75, 3.05) is 0 Å². The summed E-state index contributed by atoms with van der Waals surface area (Å²) >= 11 is 8.55. The molecular weight excluding hydrogens is 479 g/mol. The van der Waals surface area contributed by atoms with Crippen LogP contribution in [-0.2, 0) is 11.2 Å². The highest BCUT2D eigenvalue weighted by molar-refractivity contribution is 14.1. The fourth-order valence-corrected chi connectivity index (χ4v) is 5.57. The third-order valence-electron chi connectivity index (χ3n) is 5.77. The average Bonchev–Trinajstić information content (AvgIpc) is 3.38. The standard InChI is InChI=1S/C20H20ClIN2O3/c1-10-8-20(2,19(26)27)9-14-15(10)17(22)23-24(14)18(25)16-12(11-6-7-11)4-3-5-13(16)21/h3-5,10-11H,6-9H2,1-2H3,(H,26,27). The van der Waals surface area contributed by atoms with Gasteiger partial charge in [0.2, 0.25) is 0 Å². The number of carboxylic acids is 1. The molecule has 0 saturated heterocycles. The highest BCUT2D eigenvalue weighted by Gasteiger charge is 2.44. The Labute approximate surface area is 176 Å². The molecule has 7 heteroatoms. The number of hydrogen-bond donors (Lipinski definition) is 1. The molecule has 2 unspecified atom stereocenters. The lowest BCUT2D eigenvalue weighted by Gasteiger charge is -2.33. The molecule has 1 aromatic heterocycles. The van der Waals surface area contributed by atoms with Crippen LogP contribution >= 0.6 is 34.2 Å². The molecule has 0 amide bonds. The van der Waals surface area contributed by atoms with Crippen LogP contribution in [0.25, 0.3) is 0 Å². The molecule has 0 radical (unpaired) electrons. The predicted octanol–water partition coefficient (Wildman–Crippen LogP) is 4.85. The topological polar surface area (TPSA) is 72.2 Å². The maximum Gasteiger partial charge on any atom is 0.309 e. The van der Waals surface area contributed by atoms with Gasteiger partial charge in [0.05, 0.1) is 21.7 Å². The summed E-state index contributed by atoms with van der Waals surface area (Å²) in [4.78, 5) is 25.3. The van der Waals surface area contributed by atoms with E-state index in [1.54, 1.807) is 13.0 Å². The maximum absolute atomic E-state index is 13.5. The SMILES string of the molecule is CC1CC(C)(C(=O)O)Cc2c1c(I)nn2C(=O)c1c(Cl)cccc1C1CC1. The minimum Gasteiger partial charge on any atom is -0.481 e. The Morgan fingerprint density at radius 3 is 2.70 bits per heavy atom. The molecule has 142 valence electrons. The van der Waals surface area contributed by atoms with Crippen LogP contribution in [0.4, 0.5) is 0 Å². The van der Waals surface area contributed by atoms with E-state index in [9.17, 15) is 14.7 Å². The number of carboxylic acid groups (broad SMARTS) is 1. The average molecular weight is 499 g/mol. The Morgan fingerprint density at radius 2 is 2.07 bits per heavy atom. The molecule has 4 rings (SSSR count). The lowest BCUT2D eigenvalue weighted by molar-refractivity contribution is -0.149. The Kier molecular flexibility index (Phi) is 4.62. The van der Waals surface area contributed by atoms with E-state index in [1.807, 2.05) is 19.1 Å². The molecule has 2 atom stereocenters. The van der Waals surface area contributed by atoms with Gasteiger partial charge in [0.25, 0.3) is 5.91 Å². The van der Waals surface area contributed by atoms with Crippen LogP contribution in [0.15, 0.2) is 18.2 Å². The summed E-state index contributed by atoms with van der Waals surface area (Å²) < 4.78 is 2.16. The number of carbonyl (C=O) groups is 2. The van der Waals surface area contributed by atoms with Gasteiger partial charge in [0.15, 0.2) is 0 Å². The molecule has 0 bridgehead atoms. The van der Waals surface area contributed by atoms with E-state index in [2.05, 4.69) is 27.7 Å². The van der Waals surface area contributed by atoms with Crippen molar-refractivity contribution in [3.8, 4) is 0 Å². The zero-order valence-corrected chi connectivity index (χ0v) is 18.0. The number of fused-ring (bicyclic) bond motifs is 1. The largest absolute Gasteiger partial charge is 0.481 e. The first kappa shape index (κ1) is 18.9. The Hall–Kier alpha value is -1.41. The normalized spacial score (nSPS) is 24.5. The van der Waals surface area contributed by atoms with Crippen LogP contribution in [-0.4, -0.2) is 26.8 Å². The van der Waals surface area contributed by atoms with Crippen LogP contribution < -0.4 is 0 Å². The highest BCUT2D eigenvalue weighted by atomic mass is 127. The van der Waals surface area contributed by atoms with Crippen LogP contribution in [0.5, 0.6) is 0 Å². The zero-order chi connectivity index (χ0) is 19.5. The molecule has 1 aromatic carbocycles. The van der Waals surface area contributed by atoms with E-state index in [4.69, 9.17) is 11.6 Å². The number of hydrogen-bond acceptors (Lipinski definition) is 3. The Morgan fingerprint density at radius 1 is 1.37 bits per heavy atom. The van der Waals surface area contributed by atoms with E-state index < -0.39 is 11.4 Å². The zero-order valence-electron chi connectivity index (χ0n) is 15.1. The van der Waals surface area contributed by atoms with Crippen LogP contribution in [0.3, 0.4) is 0 Å². The van der Waals surface area contributed by atoms with Gasteiger partial charge in [-0.1, -0.05) is 30.7 Å². The number of benzene rings is 1. The maximum atomic E-state index is 13.5. The number of halogens is 2. The van der Waals surface area contributed by atoms with E-state index >= 15 is 0 Å². The van der Waals surface area contributed by atoms with Gasteiger partial charge in [-0.15, -0.1) is 0 Å². The summed E-state index contributed by atoms with van der Waals surface area (Å²) in [7, 11) is 0. The van der Waals surface area contributed by atoms with Crippen LogP contribution in [0, 0.1) is 9.12 Å². The van der Waals surface area contributed by atoms with Crippen molar-refractivity contribution in [1.82, 2.24) is 9.78 Å². The first-order valence-corrected chi connectivity index (χ1v) is 10.5. The molecular formula is C20H20ClIN2O3. The molecule has 2 aliphatic rings. The molecule has 0 aliphatic heterocycles. The van der Waals surface area contributed by atoms with Crippen molar-refractivity contribution in [3.63, 3.8) is 0 Å². The summed E-state index contributed by atoms with van der Waals surface area (Å²) in [6, 6.07) is 5.56. The van der Waals surface area contributed by atoms with E-state index in [1.165, 1.54) is 4.68 Å². The number of carbonyl (C=O) groups excluding carboxylic acids is 1. The number of aliphatic carboxylic acids is 1. The molecule has 1 N–H and O–H groups in total. The van der Waals surface area contributed by atoms with Gasteiger partial charge in [0.1, 0.15) is 3.70 Å². The minimum atomic E-state index is -0.909. The summed E-state index contributed by atoms with van der Waals surface area (Å²) in [6.07, 6.45) is 2.94. The van der Waals surface area contributed by atoms with Gasteiger partial charge in [0, 0.05) is 12.0 Å². The van der Waals surface area contributed by atoms with Crippen LogP contribution in [0.2, 0.25) is 5.02 Å². The van der Waals surface area contributed by atoms with Crippen molar-refractivity contribution < 1.29 is 14.7 Å². The smallest absolute Gasteiger partial charge is 0.309 e. The molecule has 5 nitrogen and oxygen atoms in total. The van der Waals surface area contributed by atoms with Gasteiger partial charge in [-0.25, -0.2) is 0 Å². The second kappa shape index (κ2) is 6.58. The van der Waals surface area contributed by atoms with E-state index in [0.29, 0.717) is 28.6 Å². The summed E-state index contributed by atoms with van der Waals surface area (Å²) in [5, 5.41) is 14.7. The third kappa shape index (κ3) is 3.10. The Bertz CT molecular complexity index is 966.